The molecule has 0 aromatic heterocycles. The van der Waals surface area contributed by atoms with E-state index in [9.17, 15) is 9.59 Å². The Balaban J connectivity index is 2.83. The Morgan fingerprint density at radius 1 is 1.26 bits per heavy atom. The molecular weight excluding hydrogens is 310 g/mol. The number of carboxylic acids is 1. The predicted molar refractivity (Wildman–Crippen MR) is 76.7 cm³/mol. The summed E-state index contributed by atoms with van der Waals surface area (Å²) in [7, 11) is 0. The average molecular weight is 326 g/mol. The highest BCUT2D eigenvalue weighted by atomic mass is 79.9. The molecule has 0 aliphatic rings. The van der Waals surface area contributed by atoms with Crippen LogP contribution in [0.15, 0.2) is 39.9 Å². The van der Waals surface area contributed by atoms with Crippen LogP contribution in [0.25, 0.3) is 0 Å². The smallest absolute Gasteiger partial charge is 0.331 e. The second kappa shape index (κ2) is 6.52. The van der Waals surface area contributed by atoms with E-state index >= 15 is 0 Å². The molecule has 19 heavy (non-hydrogen) atoms. The van der Waals surface area contributed by atoms with Crippen molar-refractivity contribution in [1.82, 2.24) is 5.32 Å². The van der Waals surface area contributed by atoms with Crippen LogP contribution in [0, 0.1) is 0 Å². The highest BCUT2D eigenvalue weighted by Crippen LogP contribution is 2.18. The second-order valence-electron chi connectivity index (χ2n) is 4.31. The number of carbonyl (C=O) groups excluding carboxylic acids is 1. The van der Waals surface area contributed by atoms with Crippen LogP contribution < -0.4 is 5.32 Å². The molecule has 0 aliphatic carbocycles. The van der Waals surface area contributed by atoms with E-state index in [-0.39, 0.29) is 23.1 Å². The number of benzene rings is 1. The van der Waals surface area contributed by atoms with E-state index in [0.29, 0.717) is 0 Å². The van der Waals surface area contributed by atoms with Crippen LogP contribution in [0.1, 0.15) is 32.4 Å². The highest BCUT2D eigenvalue weighted by Gasteiger charge is 2.15. The Kier molecular flexibility index (Phi) is 5.30. The van der Waals surface area contributed by atoms with Crippen molar-refractivity contribution in [3.8, 4) is 0 Å². The molecule has 1 atom stereocenters. The molecule has 1 aromatic rings. The van der Waals surface area contributed by atoms with Gasteiger partial charge in [0, 0.05) is 15.6 Å². The zero-order valence-corrected chi connectivity index (χ0v) is 12.6. The molecule has 4 nitrogen and oxygen atoms in total. The van der Waals surface area contributed by atoms with Gasteiger partial charge in [-0.25, -0.2) is 4.79 Å². The predicted octanol–water partition coefficient (Wildman–Crippen LogP) is 3.05. The summed E-state index contributed by atoms with van der Waals surface area (Å²) < 4.78 is 0.931. The fraction of sp³-hybridized carbons (Fsp3) is 0.286. The van der Waals surface area contributed by atoms with Gasteiger partial charge in [0.05, 0.1) is 6.04 Å². The lowest BCUT2D eigenvalue weighted by Crippen LogP contribution is -2.28. The van der Waals surface area contributed by atoms with E-state index in [1.54, 1.807) is 0 Å². The van der Waals surface area contributed by atoms with E-state index in [0.717, 1.165) is 10.0 Å². The van der Waals surface area contributed by atoms with Crippen LogP contribution in [-0.2, 0) is 9.59 Å². The first-order chi connectivity index (χ1) is 8.82. The van der Waals surface area contributed by atoms with E-state index < -0.39 is 5.97 Å². The number of rotatable bonds is 4. The van der Waals surface area contributed by atoms with Gasteiger partial charge in [-0.3, -0.25) is 4.79 Å². The minimum atomic E-state index is -1.08. The molecular formula is C14H16BrNO3. The molecule has 1 aromatic carbocycles. The second-order valence-corrected chi connectivity index (χ2v) is 5.22. The van der Waals surface area contributed by atoms with Crippen LogP contribution in [-0.4, -0.2) is 17.0 Å². The summed E-state index contributed by atoms with van der Waals surface area (Å²) in [5.41, 5.74) is 1.22. The molecule has 1 amide bonds. The van der Waals surface area contributed by atoms with Crippen LogP contribution in [0.3, 0.4) is 0 Å². The largest absolute Gasteiger partial charge is 0.478 e. The van der Waals surface area contributed by atoms with Crippen LogP contribution >= 0.6 is 15.9 Å². The monoisotopic (exact) mass is 325 g/mol. The number of nitrogens with one attached hydrogen (secondary N) is 1. The molecule has 0 unspecified atom stereocenters. The van der Waals surface area contributed by atoms with Crippen LogP contribution in [0.5, 0.6) is 0 Å². The number of amides is 1. The first-order valence-electron chi connectivity index (χ1n) is 5.80. The Labute approximate surface area is 120 Å². The Bertz CT molecular complexity index is 537. The SMILES string of the molecule is C/C(C(=O)O)=C(\C)C(=O)N[C@H](C)c1cccc(Br)c1. The number of carbonyl (C=O) groups is 2. The van der Waals surface area contributed by atoms with Gasteiger partial charge in [-0.2, -0.15) is 0 Å². The van der Waals surface area contributed by atoms with Crippen LogP contribution in [0.4, 0.5) is 0 Å². The third kappa shape index (κ3) is 4.21. The molecule has 0 saturated heterocycles. The highest BCUT2D eigenvalue weighted by molar-refractivity contribution is 9.10. The Hall–Kier alpha value is -1.62. The number of aliphatic carboxylic acids is 1. The van der Waals surface area contributed by atoms with Crippen molar-refractivity contribution in [1.29, 1.82) is 0 Å². The average Bonchev–Trinajstić information content (AvgIpc) is 2.36. The van der Waals surface area contributed by atoms with Crippen molar-refractivity contribution < 1.29 is 14.7 Å². The third-order valence-electron chi connectivity index (χ3n) is 2.92. The molecule has 0 radical (unpaired) electrons. The van der Waals surface area contributed by atoms with Gasteiger partial charge in [-0.1, -0.05) is 28.1 Å². The van der Waals surface area contributed by atoms with Crippen molar-refractivity contribution >= 4 is 27.8 Å². The van der Waals surface area contributed by atoms with Crippen molar-refractivity contribution in [2.24, 2.45) is 0 Å². The number of hydrogen-bond acceptors (Lipinski definition) is 2. The molecule has 0 aliphatic heterocycles. The van der Waals surface area contributed by atoms with E-state index in [1.165, 1.54) is 13.8 Å². The van der Waals surface area contributed by atoms with E-state index in [4.69, 9.17) is 5.11 Å². The molecule has 5 heteroatoms. The molecule has 0 heterocycles. The fourth-order valence-corrected chi connectivity index (χ4v) is 1.91. The lowest BCUT2D eigenvalue weighted by Gasteiger charge is -2.15. The van der Waals surface area contributed by atoms with Gasteiger partial charge >= 0.3 is 5.97 Å². The Morgan fingerprint density at radius 2 is 1.89 bits per heavy atom. The maximum Gasteiger partial charge on any atom is 0.331 e. The lowest BCUT2D eigenvalue weighted by atomic mass is 10.1. The molecule has 0 saturated carbocycles. The zero-order valence-electron chi connectivity index (χ0n) is 11.0. The summed E-state index contributed by atoms with van der Waals surface area (Å²) in [6.45, 7) is 4.77. The summed E-state index contributed by atoms with van der Waals surface area (Å²) in [5, 5.41) is 11.6. The van der Waals surface area contributed by atoms with Gasteiger partial charge in [0.1, 0.15) is 0 Å². The molecule has 2 N–H and O–H groups in total. The third-order valence-corrected chi connectivity index (χ3v) is 3.41. The van der Waals surface area contributed by atoms with Gasteiger partial charge in [0.15, 0.2) is 0 Å². The van der Waals surface area contributed by atoms with Gasteiger partial charge < -0.3 is 10.4 Å². The lowest BCUT2D eigenvalue weighted by molar-refractivity contribution is -0.133. The van der Waals surface area contributed by atoms with Gasteiger partial charge in [0.2, 0.25) is 5.91 Å². The van der Waals surface area contributed by atoms with Crippen molar-refractivity contribution in [3.63, 3.8) is 0 Å². The van der Waals surface area contributed by atoms with Crippen molar-refractivity contribution in [3.05, 3.63) is 45.4 Å². The topological polar surface area (TPSA) is 66.4 Å². The normalized spacial score (nSPS) is 13.5. The fourth-order valence-electron chi connectivity index (χ4n) is 1.49. The summed E-state index contributed by atoms with van der Waals surface area (Å²) in [6, 6.07) is 7.40. The summed E-state index contributed by atoms with van der Waals surface area (Å²) in [4.78, 5) is 22.7. The van der Waals surface area contributed by atoms with Crippen LogP contribution in [0.2, 0.25) is 0 Å². The standard InChI is InChI=1S/C14H16BrNO3/c1-8(9(2)14(18)19)13(17)16-10(3)11-5-4-6-12(15)7-11/h4-7,10H,1-3H3,(H,16,17)(H,18,19)/b9-8-/t10-/m1/s1. The number of halogens is 1. The summed E-state index contributed by atoms with van der Waals surface area (Å²) in [5.74, 6) is -1.45. The number of hydrogen-bond donors (Lipinski definition) is 2. The molecule has 0 bridgehead atoms. The number of carboxylic acid groups (broad SMARTS) is 1. The van der Waals surface area contributed by atoms with Crippen molar-refractivity contribution in [2.45, 2.75) is 26.8 Å². The summed E-state index contributed by atoms with van der Waals surface area (Å²) >= 11 is 3.37. The minimum absolute atomic E-state index is 0.0546. The first-order valence-corrected chi connectivity index (χ1v) is 6.59. The quantitative estimate of drug-likeness (QED) is 0.836. The van der Waals surface area contributed by atoms with Crippen molar-refractivity contribution in [2.75, 3.05) is 0 Å². The molecule has 1 rings (SSSR count). The van der Waals surface area contributed by atoms with Gasteiger partial charge in [0.25, 0.3) is 0 Å². The van der Waals surface area contributed by atoms with Gasteiger partial charge in [-0.05, 0) is 38.5 Å². The van der Waals surface area contributed by atoms with E-state index in [2.05, 4.69) is 21.2 Å². The summed E-state index contributed by atoms with van der Waals surface area (Å²) in [6.07, 6.45) is 0. The van der Waals surface area contributed by atoms with E-state index in [1.807, 2.05) is 31.2 Å². The maximum atomic E-state index is 11.9. The zero-order chi connectivity index (χ0) is 14.6. The van der Waals surface area contributed by atoms with Gasteiger partial charge in [-0.15, -0.1) is 0 Å². The first kappa shape index (κ1) is 15.4. The minimum Gasteiger partial charge on any atom is -0.478 e. The molecule has 0 fully saturated rings. The molecule has 0 spiro atoms. The Morgan fingerprint density at radius 3 is 2.42 bits per heavy atom. The molecule has 102 valence electrons. The maximum absolute atomic E-state index is 11.9.